The second-order valence-electron chi connectivity index (χ2n) is 12.6. The number of amides is 8. The van der Waals surface area contributed by atoms with E-state index in [1.165, 1.54) is 48.5 Å². The van der Waals surface area contributed by atoms with Crippen LogP contribution in [-0.4, -0.2) is 78.1 Å². The van der Waals surface area contributed by atoms with Gasteiger partial charge in [0.15, 0.2) is 0 Å². The van der Waals surface area contributed by atoms with Crippen molar-refractivity contribution in [1.29, 1.82) is 0 Å². The first-order chi connectivity index (χ1) is 22.4. The van der Waals surface area contributed by atoms with E-state index in [0.29, 0.717) is 25.7 Å². The Morgan fingerprint density at radius 3 is 1.28 bits per heavy atom. The number of rotatable bonds is 8. The Bertz CT molecular complexity index is 1610. The van der Waals surface area contributed by atoms with Gasteiger partial charge in [0.05, 0.1) is 9.79 Å². The lowest BCUT2D eigenvalue weighted by atomic mass is 9.82. The standard InChI is InChI=1S/C32H36N6O8S/c39-25(19-37-27(41)31(35-29(37)43)15-3-1-4-16-31)33-21-7-11-23(12-8-21)47(45,46)24-13-9-22(10-14-24)34-26(40)20-38-28(42)32(36-30(38)44)17-5-2-6-18-32/h7-14H,1-6,15-20H2,(H,33,39)(H,34,40)(H,35,43)(H,36,44). The van der Waals surface area contributed by atoms with Crippen LogP contribution in [0.15, 0.2) is 58.3 Å². The molecule has 0 bridgehead atoms. The van der Waals surface area contributed by atoms with Crippen molar-refractivity contribution in [1.82, 2.24) is 20.4 Å². The lowest BCUT2D eigenvalue weighted by molar-refractivity contribution is -0.135. The van der Waals surface area contributed by atoms with Gasteiger partial charge in [0.25, 0.3) is 11.8 Å². The van der Waals surface area contributed by atoms with Crippen LogP contribution in [0.1, 0.15) is 64.2 Å². The number of sulfone groups is 1. The highest BCUT2D eigenvalue weighted by atomic mass is 32.2. The van der Waals surface area contributed by atoms with E-state index >= 15 is 0 Å². The van der Waals surface area contributed by atoms with Crippen molar-refractivity contribution in [2.24, 2.45) is 0 Å². The molecule has 2 saturated heterocycles. The highest BCUT2D eigenvalue weighted by Crippen LogP contribution is 2.35. The predicted octanol–water partition coefficient (Wildman–Crippen LogP) is 2.91. The van der Waals surface area contributed by atoms with Crippen LogP contribution in [0.5, 0.6) is 0 Å². The maximum atomic E-state index is 13.2. The number of urea groups is 2. The first-order valence-electron chi connectivity index (χ1n) is 15.8. The summed E-state index contributed by atoms with van der Waals surface area (Å²) in [7, 11) is -3.96. The third kappa shape index (κ3) is 6.19. The third-order valence-corrected chi connectivity index (χ3v) is 11.2. The number of anilines is 2. The lowest BCUT2D eigenvalue weighted by Gasteiger charge is -2.30. The minimum absolute atomic E-state index is 0.0455. The molecule has 2 aliphatic heterocycles. The molecule has 0 atom stereocenters. The van der Waals surface area contributed by atoms with E-state index in [9.17, 15) is 37.2 Å². The van der Waals surface area contributed by atoms with Gasteiger partial charge in [-0.3, -0.25) is 29.0 Å². The Balaban J connectivity index is 1.03. The van der Waals surface area contributed by atoms with E-state index in [1.54, 1.807) is 0 Å². The first kappa shape index (κ1) is 32.2. The summed E-state index contributed by atoms with van der Waals surface area (Å²) in [6, 6.07) is 9.71. The molecule has 2 aliphatic carbocycles. The van der Waals surface area contributed by atoms with Gasteiger partial charge in [0.1, 0.15) is 24.2 Å². The Morgan fingerprint density at radius 2 is 0.936 bits per heavy atom. The molecule has 2 aromatic carbocycles. The number of carbonyl (C=O) groups is 6. The molecule has 47 heavy (non-hydrogen) atoms. The molecule has 248 valence electrons. The van der Waals surface area contributed by atoms with E-state index in [2.05, 4.69) is 21.3 Å². The van der Waals surface area contributed by atoms with Crippen molar-refractivity contribution in [3.8, 4) is 0 Å². The van der Waals surface area contributed by atoms with E-state index < -0.39 is 69.7 Å². The average Bonchev–Trinajstić information content (AvgIpc) is 3.40. The molecule has 4 N–H and O–H groups in total. The lowest BCUT2D eigenvalue weighted by Crippen LogP contribution is -2.48. The molecular weight excluding hydrogens is 628 g/mol. The van der Waals surface area contributed by atoms with Gasteiger partial charge in [-0.05, 0) is 74.2 Å². The molecule has 2 spiro atoms. The van der Waals surface area contributed by atoms with Gasteiger partial charge >= 0.3 is 12.1 Å². The van der Waals surface area contributed by atoms with Crippen molar-refractivity contribution >= 4 is 56.9 Å². The summed E-state index contributed by atoms with van der Waals surface area (Å²) >= 11 is 0. The summed E-state index contributed by atoms with van der Waals surface area (Å²) in [6.45, 7) is -0.921. The van der Waals surface area contributed by atoms with Gasteiger partial charge in [-0.15, -0.1) is 0 Å². The van der Waals surface area contributed by atoms with E-state index in [0.717, 1.165) is 48.3 Å². The zero-order valence-corrected chi connectivity index (χ0v) is 26.5. The van der Waals surface area contributed by atoms with Crippen molar-refractivity contribution in [3.05, 3.63) is 48.5 Å². The summed E-state index contributed by atoms with van der Waals surface area (Å²) < 4.78 is 26.5. The largest absolute Gasteiger partial charge is 0.325 e. The molecule has 8 amide bonds. The normalized spacial score (nSPS) is 20.3. The van der Waals surface area contributed by atoms with Gasteiger partial charge in [0.2, 0.25) is 21.7 Å². The summed E-state index contributed by atoms with van der Waals surface area (Å²) in [5.74, 6) is -1.99. The fourth-order valence-electron chi connectivity index (χ4n) is 6.89. The Hall–Kier alpha value is -4.79. The molecule has 2 heterocycles. The fourth-order valence-corrected chi connectivity index (χ4v) is 8.15. The molecule has 2 aromatic rings. The SMILES string of the molecule is O=C(CN1C(=O)NC2(CCCCC2)C1=O)Nc1ccc(S(=O)(=O)c2ccc(NC(=O)CN3C(=O)NC4(CCCCC4)C3=O)cc2)cc1. The number of nitrogens with one attached hydrogen (secondary N) is 4. The van der Waals surface area contributed by atoms with Gasteiger partial charge < -0.3 is 21.3 Å². The minimum atomic E-state index is -3.96. The van der Waals surface area contributed by atoms with Crippen molar-refractivity contribution in [2.45, 2.75) is 85.1 Å². The number of hydrogen-bond acceptors (Lipinski definition) is 8. The van der Waals surface area contributed by atoms with Crippen LogP contribution in [0.4, 0.5) is 21.0 Å². The molecule has 0 aromatic heterocycles. The molecule has 4 fully saturated rings. The molecule has 0 unspecified atom stereocenters. The molecule has 14 nitrogen and oxygen atoms in total. The first-order valence-corrected chi connectivity index (χ1v) is 17.2. The number of benzene rings is 2. The summed E-state index contributed by atoms with van der Waals surface area (Å²) in [4.78, 5) is 77.9. The van der Waals surface area contributed by atoms with E-state index in [4.69, 9.17) is 0 Å². The summed E-state index contributed by atoms with van der Waals surface area (Å²) in [5, 5.41) is 10.7. The second kappa shape index (κ2) is 12.4. The van der Waals surface area contributed by atoms with Gasteiger partial charge in [-0.1, -0.05) is 38.5 Å². The van der Waals surface area contributed by atoms with Crippen LogP contribution in [0, 0.1) is 0 Å². The van der Waals surface area contributed by atoms with E-state index in [1.807, 2.05) is 0 Å². The van der Waals surface area contributed by atoms with Crippen LogP contribution in [0.2, 0.25) is 0 Å². The molecular formula is C32H36N6O8S. The maximum Gasteiger partial charge on any atom is 0.325 e. The maximum absolute atomic E-state index is 13.2. The average molecular weight is 665 g/mol. The monoisotopic (exact) mass is 664 g/mol. The molecule has 6 rings (SSSR count). The van der Waals surface area contributed by atoms with Crippen LogP contribution in [0.25, 0.3) is 0 Å². The minimum Gasteiger partial charge on any atom is -0.325 e. The quantitative estimate of drug-likeness (QED) is 0.310. The zero-order chi connectivity index (χ0) is 33.4. The Labute approximate surface area is 271 Å². The number of hydrogen-bond donors (Lipinski definition) is 4. The smallest absolute Gasteiger partial charge is 0.325 e. The van der Waals surface area contributed by atoms with Gasteiger partial charge in [-0.25, -0.2) is 18.0 Å². The molecule has 0 radical (unpaired) electrons. The topological polar surface area (TPSA) is 191 Å². The highest BCUT2D eigenvalue weighted by Gasteiger charge is 2.52. The van der Waals surface area contributed by atoms with Crippen LogP contribution in [0.3, 0.4) is 0 Å². The number of imide groups is 2. The zero-order valence-electron chi connectivity index (χ0n) is 25.7. The fraction of sp³-hybridized carbons (Fsp3) is 0.438. The predicted molar refractivity (Wildman–Crippen MR) is 168 cm³/mol. The highest BCUT2D eigenvalue weighted by molar-refractivity contribution is 7.91. The molecule has 15 heteroatoms. The number of nitrogens with zero attached hydrogens (tertiary/aromatic N) is 2. The van der Waals surface area contributed by atoms with E-state index in [-0.39, 0.29) is 21.2 Å². The van der Waals surface area contributed by atoms with Crippen LogP contribution in [-0.2, 0) is 29.0 Å². The van der Waals surface area contributed by atoms with Crippen molar-refractivity contribution in [2.75, 3.05) is 23.7 Å². The van der Waals surface area contributed by atoms with Gasteiger partial charge in [0, 0.05) is 11.4 Å². The van der Waals surface area contributed by atoms with Crippen molar-refractivity contribution in [3.63, 3.8) is 0 Å². The van der Waals surface area contributed by atoms with Gasteiger partial charge in [-0.2, -0.15) is 0 Å². The molecule has 4 aliphatic rings. The second-order valence-corrected chi connectivity index (χ2v) is 14.5. The molecule has 2 saturated carbocycles. The van der Waals surface area contributed by atoms with Crippen LogP contribution < -0.4 is 21.3 Å². The number of carbonyl (C=O) groups excluding carboxylic acids is 6. The van der Waals surface area contributed by atoms with Crippen LogP contribution >= 0.6 is 0 Å². The third-order valence-electron chi connectivity index (χ3n) is 9.41. The summed E-state index contributed by atoms with van der Waals surface area (Å²) in [5.41, 5.74) is -1.29. The van der Waals surface area contributed by atoms with Crippen molar-refractivity contribution < 1.29 is 37.2 Å². The Morgan fingerprint density at radius 1 is 0.596 bits per heavy atom. The Kier molecular flexibility index (Phi) is 8.51. The summed E-state index contributed by atoms with van der Waals surface area (Å²) in [6.07, 6.45) is 7.47.